The van der Waals surface area contributed by atoms with Crippen LogP contribution in [0.15, 0.2) is 60.7 Å². The molecule has 0 saturated carbocycles. The Morgan fingerprint density at radius 2 is 1.61 bits per heavy atom. The average molecular weight is 506 g/mol. The molecule has 3 aromatic carbocycles. The predicted molar refractivity (Wildman–Crippen MR) is 131 cm³/mol. The molecule has 0 radical (unpaired) electrons. The molecular formula is C26H20ClN3O6. The zero-order chi connectivity index (χ0) is 25.7. The summed E-state index contributed by atoms with van der Waals surface area (Å²) in [5.74, 6) is -1.22. The number of halogens is 1. The summed E-state index contributed by atoms with van der Waals surface area (Å²) in [6.45, 7) is 4.19. The van der Waals surface area contributed by atoms with Gasteiger partial charge >= 0.3 is 0 Å². The van der Waals surface area contributed by atoms with E-state index >= 15 is 0 Å². The number of benzene rings is 3. The molecule has 3 amide bonds. The van der Waals surface area contributed by atoms with E-state index < -0.39 is 34.7 Å². The van der Waals surface area contributed by atoms with E-state index in [-0.39, 0.29) is 16.8 Å². The van der Waals surface area contributed by atoms with Crippen LogP contribution in [0.1, 0.15) is 44.8 Å². The topological polar surface area (TPSA) is 110 Å². The van der Waals surface area contributed by atoms with Gasteiger partial charge in [0.1, 0.15) is 11.8 Å². The minimum atomic E-state index is -1.13. The van der Waals surface area contributed by atoms with Crippen LogP contribution in [0.3, 0.4) is 0 Å². The SMILES string of the molecule is CCOc1ccc([C@H]2[C@@H](N3C(=O)c4ccc([N+](=O)[O-])cc4C3=O)C(=O)N2c2cc(Cl)ccc2C)cc1. The number of nitro groups is 1. The number of non-ortho nitro benzene ring substituents is 1. The molecule has 36 heavy (non-hydrogen) atoms. The number of aryl methyl sites for hydroxylation is 1. The Kier molecular flexibility index (Phi) is 5.72. The van der Waals surface area contributed by atoms with Crippen molar-refractivity contribution in [3.63, 3.8) is 0 Å². The summed E-state index contributed by atoms with van der Waals surface area (Å²) < 4.78 is 5.52. The molecule has 10 heteroatoms. The third kappa shape index (κ3) is 3.59. The van der Waals surface area contributed by atoms with E-state index in [1.807, 2.05) is 13.8 Å². The van der Waals surface area contributed by atoms with Crippen LogP contribution in [-0.4, -0.2) is 40.2 Å². The number of nitrogens with zero attached hydrogens (tertiary/aromatic N) is 3. The van der Waals surface area contributed by atoms with Crippen LogP contribution in [0.2, 0.25) is 5.02 Å². The number of hydrogen-bond acceptors (Lipinski definition) is 6. The molecule has 0 spiro atoms. The molecule has 2 heterocycles. The fourth-order valence-corrected chi connectivity index (χ4v) is 4.88. The first-order chi connectivity index (χ1) is 17.2. The second-order valence-electron chi connectivity index (χ2n) is 8.50. The van der Waals surface area contributed by atoms with Crippen LogP contribution >= 0.6 is 11.6 Å². The molecule has 3 aromatic rings. The molecule has 0 aromatic heterocycles. The summed E-state index contributed by atoms with van der Waals surface area (Å²) in [6.07, 6.45) is 0. The van der Waals surface area contributed by atoms with Gasteiger partial charge in [-0.25, -0.2) is 0 Å². The van der Waals surface area contributed by atoms with Gasteiger partial charge in [0, 0.05) is 22.8 Å². The number of fused-ring (bicyclic) bond motifs is 1. The maximum absolute atomic E-state index is 13.6. The van der Waals surface area contributed by atoms with Crippen molar-refractivity contribution in [2.45, 2.75) is 25.9 Å². The van der Waals surface area contributed by atoms with E-state index in [1.54, 1.807) is 42.5 Å². The highest BCUT2D eigenvalue weighted by atomic mass is 35.5. The smallest absolute Gasteiger partial charge is 0.270 e. The lowest BCUT2D eigenvalue weighted by Crippen LogP contribution is -2.67. The van der Waals surface area contributed by atoms with Gasteiger partial charge in [0.2, 0.25) is 0 Å². The molecule has 1 fully saturated rings. The van der Waals surface area contributed by atoms with Gasteiger partial charge in [0.15, 0.2) is 0 Å². The third-order valence-corrected chi connectivity index (χ3v) is 6.66. The van der Waals surface area contributed by atoms with E-state index in [1.165, 1.54) is 17.0 Å². The van der Waals surface area contributed by atoms with Gasteiger partial charge in [0.05, 0.1) is 28.7 Å². The molecule has 1 saturated heterocycles. The molecule has 182 valence electrons. The average Bonchev–Trinajstić information content (AvgIpc) is 3.10. The lowest BCUT2D eigenvalue weighted by molar-refractivity contribution is -0.384. The molecule has 0 aliphatic carbocycles. The largest absolute Gasteiger partial charge is 0.494 e. The lowest BCUT2D eigenvalue weighted by Gasteiger charge is -2.50. The Hall–Kier alpha value is -4.24. The maximum atomic E-state index is 13.6. The molecule has 5 rings (SSSR count). The number of anilines is 1. The van der Waals surface area contributed by atoms with Gasteiger partial charge in [-0.15, -0.1) is 0 Å². The van der Waals surface area contributed by atoms with Crippen molar-refractivity contribution in [1.82, 2.24) is 4.90 Å². The van der Waals surface area contributed by atoms with E-state index in [9.17, 15) is 24.5 Å². The monoisotopic (exact) mass is 505 g/mol. The van der Waals surface area contributed by atoms with Crippen molar-refractivity contribution < 1.29 is 24.0 Å². The van der Waals surface area contributed by atoms with Gasteiger partial charge < -0.3 is 9.64 Å². The first-order valence-corrected chi connectivity index (χ1v) is 11.6. The number of carbonyl (C=O) groups is 3. The third-order valence-electron chi connectivity index (χ3n) is 6.42. The summed E-state index contributed by atoms with van der Waals surface area (Å²) in [7, 11) is 0. The zero-order valence-corrected chi connectivity index (χ0v) is 20.1. The Morgan fingerprint density at radius 3 is 2.28 bits per heavy atom. The Morgan fingerprint density at radius 1 is 0.917 bits per heavy atom. The summed E-state index contributed by atoms with van der Waals surface area (Å²) in [5.41, 5.74) is 1.67. The Bertz CT molecular complexity index is 1440. The number of amides is 3. The number of imide groups is 1. The van der Waals surface area contributed by atoms with Gasteiger partial charge in [-0.1, -0.05) is 29.8 Å². The van der Waals surface area contributed by atoms with E-state index in [2.05, 4.69) is 0 Å². The lowest BCUT2D eigenvalue weighted by atomic mass is 9.85. The standard InChI is InChI=1S/C26H20ClN3O6/c1-3-36-18-9-5-15(6-10-18)22-23(26(33)28(22)21-12-16(27)7-4-14(21)2)29-24(31)19-11-8-17(30(34)35)13-20(19)25(29)32/h4-13,22-23H,3H2,1-2H3/t22-,23+/m0/s1. The van der Waals surface area contributed by atoms with Crippen molar-refractivity contribution in [2.75, 3.05) is 11.5 Å². The maximum Gasteiger partial charge on any atom is 0.270 e. The number of rotatable bonds is 6. The van der Waals surface area contributed by atoms with E-state index in [0.29, 0.717) is 28.6 Å². The highest BCUT2D eigenvalue weighted by molar-refractivity contribution is 6.31. The van der Waals surface area contributed by atoms with Crippen LogP contribution < -0.4 is 9.64 Å². The Balaban J connectivity index is 1.58. The van der Waals surface area contributed by atoms with Gasteiger partial charge in [-0.3, -0.25) is 29.4 Å². The van der Waals surface area contributed by atoms with Crippen LogP contribution in [0.25, 0.3) is 0 Å². The first-order valence-electron chi connectivity index (χ1n) is 11.2. The van der Waals surface area contributed by atoms with Crippen LogP contribution in [0, 0.1) is 17.0 Å². The number of ether oxygens (including phenoxy) is 1. The second-order valence-corrected chi connectivity index (χ2v) is 8.93. The highest BCUT2D eigenvalue weighted by Gasteiger charge is 2.57. The molecule has 0 bridgehead atoms. The van der Waals surface area contributed by atoms with Crippen molar-refractivity contribution in [2.24, 2.45) is 0 Å². The molecule has 2 aliphatic rings. The van der Waals surface area contributed by atoms with Crippen molar-refractivity contribution in [3.05, 3.63) is 98.1 Å². The zero-order valence-electron chi connectivity index (χ0n) is 19.3. The summed E-state index contributed by atoms with van der Waals surface area (Å²) in [5, 5.41) is 11.6. The van der Waals surface area contributed by atoms with Crippen LogP contribution in [0.4, 0.5) is 11.4 Å². The highest BCUT2D eigenvalue weighted by Crippen LogP contribution is 2.46. The predicted octanol–water partition coefficient (Wildman–Crippen LogP) is 4.71. The van der Waals surface area contributed by atoms with Gasteiger partial charge in [-0.2, -0.15) is 0 Å². The quantitative estimate of drug-likeness (QED) is 0.208. The summed E-state index contributed by atoms with van der Waals surface area (Å²) in [4.78, 5) is 53.2. The first kappa shape index (κ1) is 23.5. The summed E-state index contributed by atoms with van der Waals surface area (Å²) >= 11 is 6.22. The van der Waals surface area contributed by atoms with Crippen molar-refractivity contribution in [3.8, 4) is 5.75 Å². The molecule has 0 N–H and O–H groups in total. The molecule has 2 atom stereocenters. The number of hydrogen-bond donors (Lipinski definition) is 0. The van der Waals surface area contributed by atoms with Crippen LogP contribution in [0.5, 0.6) is 5.75 Å². The molecule has 2 aliphatic heterocycles. The molecule has 9 nitrogen and oxygen atoms in total. The van der Waals surface area contributed by atoms with Crippen molar-refractivity contribution >= 4 is 40.7 Å². The van der Waals surface area contributed by atoms with Crippen molar-refractivity contribution in [1.29, 1.82) is 0 Å². The second kappa shape index (κ2) is 8.76. The fraction of sp³-hybridized carbons (Fsp3) is 0.192. The Labute approximate surface area is 211 Å². The minimum Gasteiger partial charge on any atom is -0.494 e. The van der Waals surface area contributed by atoms with E-state index in [4.69, 9.17) is 16.3 Å². The minimum absolute atomic E-state index is 0.0289. The van der Waals surface area contributed by atoms with Gasteiger partial charge in [-0.05, 0) is 55.3 Å². The number of β-lactam (4-membered cyclic amide) rings is 1. The fourth-order valence-electron chi connectivity index (χ4n) is 4.71. The molecular weight excluding hydrogens is 486 g/mol. The number of nitro benzene ring substituents is 1. The normalized spacial score (nSPS) is 18.8. The van der Waals surface area contributed by atoms with Gasteiger partial charge in [0.25, 0.3) is 23.4 Å². The summed E-state index contributed by atoms with van der Waals surface area (Å²) in [6, 6.07) is 13.9. The van der Waals surface area contributed by atoms with E-state index in [0.717, 1.165) is 16.5 Å². The number of carbonyl (C=O) groups excluding carboxylic acids is 3. The molecule has 0 unspecified atom stereocenters. The van der Waals surface area contributed by atoms with Crippen LogP contribution in [-0.2, 0) is 4.79 Å².